The van der Waals surface area contributed by atoms with Crippen LogP contribution >= 0.6 is 11.3 Å². The number of amides is 2. The fourth-order valence-corrected chi connectivity index (χ4v) is 2.16. The van der Waals surface area contributed by atoms with Gasteiger partial charge in [0, 0.05) is 28.9 Å². The molecular weight excluding hydrogens is 246 g/mol. The van der Waals surface area contributed by atoms with Crippen LogP contribution in [0.2, 0.25) is 0 Å². The van der Waals surface area contributed by atoms with Crippen LogP contribution in [-0.2, 0) is 0 Å². The Kier molecular flexibility index (Phi) is 3.94. The van der Waals surface area contributed by atoms with Crippen molar-refractivity contribution >= 4 is 23.1 Å². The molecule has 2 amide bonds. The summed E-state index contributed by atoms with van der Waals surface area (Å²) in [5.74, 6) is 0. The van der Waals surface area contributed by atoms with Crippen molar-refractivity contribution in [3.8, 4) is 10.6 Å². The number of hydrogen-bond donors (Lipinski definition) is 2. The maximum Gasteiger partial charge on any atom is 0.319 e. The zero-order chi connectivity index (χ0) is 13.0. The number of nitrogens with zero attached hydrogens (tertiary/aromatic N) is 1. The molecule has 0 bridgehead atoms. The van der Waals surface area contributed by atoms with Crippen molar-refractivity contribution in [3.05, 3.63) is 35.8 Å². The summed E-state index contributed by atoms with van der Waals surface area (Å²) in [7, 11) is 0. The summed E-state index contributed by atoms with van der Waals surface area (Å²) >= 11 is 1.57. The van der Waals surface area contributed by atoms with Crippen molar-refractivity contribution in [2.75, 3.05) is 5.32 Å². The van der Waals surface area contributed by atoms with Gasteiger partial charge in [0.1, 0.15) is 5.01 Å². The summed E-state index contributed by atoms with van der Waals surface area (Å²) in [6.07, 6.45) is 1.77. The minimum atomic E-state index is -0.193. The first-order chi connectivity index (χ1) is 8.65. The number of benzene rings is 1. The summed E-state index contributed by atoms with van der Waals surface area (Å²) in [4.78, 5) is 15.8. The van der Waals surface area contributed by atoms with Crippen molar-refractivity contribution in [2.24, 2.45) is 0 Å². The number of carbonyl (C=O) groups excluding carboxylic acids is 1. The van der Waals surface area contributed by atoms with Gasteiger partial charge < -0.3 is 10.6 Å². The van der Waals surface area contributed by atoms with E-state index >= 15 is 0 Å². The molecule has 94 valence electrons. The molecule has 0 atom stereocenters. The quantitative estimate of drug-likeness (QED) is 0.890. The molecular formula is C13H15N3OS. The Balaban J connectivity index is 2.11. The highest BCUT2D eigenvalue weighted by molar-refractivity contribution is 7.13. The van der Waals surface area contributed by atoms with E-state index in [1.54, 1.807) is 17.5 Å². The van der Waals surface area contributed by atoms with Gasteiger partial charge in [-0.1, -0.05) is 12.1 Å². The lowest BCUT2D eigenvalue weighted by Gasteiger charge is -2.10. The number of hydrogen-bond acceptors (Lipinski definition) is 3. The van der Waals surface area contributed by atoms with E-state index in [1.165, 1.54) is 0 Å². The molecule has 2 rings (SSSR count). The monoisotopic (exact) mass is 261 g/mol. The standard InChI is InChI=1S/C13H15N3OS/c1-9(2)15-13(17)16-11-5-3-4-10(8-11)12-14-6-7-18-12/h3-9H,1-2H3,(H2,15,16,17). The van der Waals surface area contributed by atoms with Gasteiger partial charge >= 0.3 is 6.03 Å². The predicted octanol–water partition coefficient (Wildman–Crippen LogP) is 3.34. The van der Waals surface area contributed by atoms with Crippen LogP contribution in [0.25, 0.3) is 10.6 Å². The van der Waals surface area contributed by atoms with Crippen LogP contribution in [0.5, 0.6) is 0 Å². The summed E-state index contributed by atoms with van der Waals surface area (Å²) in [5, 5.41) is 8.46. The Morgan fingerprint density at radius 2 is 2.22 bits per heavy atom. The van der Waals surface area contributed by atoms with Gasteiger partial charge in [0.2, 0.25) is 0 Å². The van der Waals surface area contributed by atoms with Crippen LogP contribution in [0.3, 0.4) is 0 Å². The Labute approximate surface area is 110 Å². The highest BCUT2D eigenvalue weighted by atomic mass is 32.1. The molecule has 0 saturated carbocycles. The van der Waals surface area contributed by atoms with E-state index in [0.717, 1.165) is 16.3 Å². The molecule has 18 heavy (non-hydrogen) atoms. The molecule has 0 aliphatic carbocycles. The average molecular weight is 261 g/mol. The van der Waals surface area contributed by atoms with Gasteiger partial charge in [0.25, 0.3) is 0 Å². The molecule has 0 aliphatic heterocycles. The van der Waals surface area contributed by atoms with Gasteiger partial charge in [-0.2, -0.15) is 0 Å². The first kappa shape index (κ1) is 12.6. The smallest absolute Gasteiger partial charge is 0.319 e. The van der Waals surface area contributed by atoms with Gasteiger partial charge in [0.15, 0.2) is 0 Å². The van der Waals surface area contributed by atoms with Crippen molar-refractivity contribution in [3.63, 3.8) is 0 Å². The molecule has 1 aromatic heterocycles. The molecule has 0 spiro atoms. The van der Waals surface area contributed by atoms with E-state index in [2.05, 4.69) is 15.6 Å². The van der Waals surface area contributed by atoms with E-state index in [0.29, 0.717) is 0 Å². The van der Waals surface area contributed by atoms with Crippen LogP contribution in [0, 0.1) is 0 Å². The van der Waals surface area contributed by atoms with E-state index in [9.17, 15) is 4.79 Å². The highest BCUT2D eigenvalue weighted by Crippen LogP contribution is 2.24. The zero-order valence-electron chi connectivity index (χ0n) is 10.3. The molecule has 5 heteroatoms. The maximum absolute atomic E-state index is 11.6. The molecule has 0 radical (unpaired) electrons. The van der Waals surface area contributed by atoms with Gasteiger partial charge in [0.05, 0.1) is 0 Å². The first-order valence-electron chi connectivity index (χ1n) is 5.72. The maximum atomic E-state index is 11.6. The Bertz CT molecular complexity index is 523. The second-order valence-corrected chi connectivity index (χ2v) is 5.07. The van der Waals surface area contributed by atoms with Crippen LogP contribution in [-0.4, -0.2) is 17.1 Å². The lowest BCUT2D eigenvalue weighted by molar-refractivity contribution is 0.250. The van der Waals surface area contributed by atoms with Crippen LogP contribution in [0.1, 0.15) is 13.8 Å². The summed E-state index contributed by atoms with van der Waals surface area (Å²) in [5.41, 5.74) is 1.77. The molecule has 0 fully saturated rings. The average Bonchev–Trinajstić information content (AvgIpc) is 2.81. The van der Waals surface area contributed by atoms with E-state index in [-0.39, 0.29) is 12.1 Å². The Hall–Kier alpha value is -1.88. The molecule has 4 nitrogen and oxygen atoms in total. The normalized spacial score (nSPS) is 10.4. The van der Waals surface area contributed by atoms with Crippen molar-refractivity contribution in [1.82, 2.24) is 10.3 Å². The van der Waals surface area contributed by atoms with Crippen molar-refractivity contribution < 1.29 is 4.79 Å². The molecule has 0 unspecified atom stereocenters. The van der Waals surface area contributed by atoms with Gasteiger partial charge in [-0.15, -0.1) is 11.3 Å². The molecule has 1 heterocycles. The lowest BCUT2D eigenvalue weighted by Crippen LogP contribution is -2.34. The molecule has 0 aliphatic rings. The highest BCUT2D eigenvalue weighted by Gasteiger charge is 2.05. The second-order valence-electron chi connectivity index (χ2n) is 4.17. The third kappa shape index (κ3) is 3.30. The summed E-state index contributed by atoms with van der Waals surface area (Å²) in [6, 6.07) is 7.58. The number of aromatic nitrogens is 1. The van der Waals surface area contributed by atoms with E-state index in [4.69, 9.17) is 0 Å². The number of urea groups is 1. The number of anilines is 1. The number of nitrogens with one attached hydrogen (secondary N) is 2. The van der Waals surface area contributed by atoms with E-state index in [1.807, 2.05) is 43.5 Å². The summed E-state index contributed by atoms with van der Waals surface area (Å²) < 4.78 is 0. The van der Waals surface area contributed by atoms with Crippen LogP contribution in [0.15, 0.2) is 35.8 Å². The zero-order valence-corrected chi connectivity index (χ0v) is 11.1. The van der Waals surface area contributed by atoms with Gasteiger partial charge in [-0.3, -0.25) is 0 Å². The Morgan fingerprint density at radius 3 is 2.89 bits per heavy atom. The fourth-order valence-electron chi connectivity index (χ4n) is 1.53. The van der Waals surface area contributed by atoms with Crippen molar-refractivity contribution in [2.45, 2.75) is 19.9 Å². The van der Waals surface area contributed by atoms with Gasteiger partial charge in [-0.25, -0.2) is 9.78 Å². The molecule has 2 aromatic rings. The topological polar surface area (TPSA) is 54.0 Å². The fraction of sp³-hybridized carbons (Fsp3) is 0.231. The SMILES string of the molecule is CC(C)NC(=O)Nc1cccc(-c2nccs2)c1. The van der Waals surface area contributed by atoms with Crippen molar-refractivity contribution in [1.29, 1.82) is 0 Å². The van der Waals surface area contributed by atoms with Crippen LogP contribution in [0.4, 0.5) is 10.5 Å². The second kappa shape index (κ2) is 5.64. The predicted molar refractivity (Wildman–Crippen MR) is 74.8 cm³/mol. The third-order valence-corrected chi connectivity index (χ3v) is 3.04. The Morgan fingerprint density at radius 1 is 1.39 bits per heavy atom. The largest absolute Gasteiger partial charge is 0.336 e. The summed E-state index contributed by atoms with van der Waals surface area (Å²) in [6.45, 7) is 3.84. The minimum Gasteiger partial charge on any atom is -0.336 e. The minimum absolute atomic E-state index is 0.118. The van der Waals surface area contributed by atoms with Crippen LogP contribution < -0.4 is 10.6 Å². The molecule has 0 saturated heterocycles. The van der Waals surface area contributed by atoms with E-state index < -0.39 is 0 Å². The lowest BCUT2D eigenvalue weighted by atomic mass is 10.2. The number of thiazole rings is 1. The number of carbonyl (C=O) groups is 1. The number of rotatable bonds is 3. The molecule has 2 N–H and O–H groups in total. The third-order valence-electron chi connectivity index (χ3n) is 2.22. The molecule has 1 aromatic carbocycles. The first-order valence-corrected chi connectivity index (χ1v) is 6.60. The van der Waals surface area contributed by atoms with Gasteiger partial charge in [-0.05, 0) is 26.0 Å².